The van der Waals surface area contributed by atoms with Crippen molar-refractivity contribution < 1.29 is 4.42 Å². The summed E-state index contributed by atoms with van der Waals surface area (Å²) in [5.74, 6) is 0.861. The van der Waals surface area contributed by atoms with Gasteiger partial charge in [-0.05, 0) is 43.0 Å². The van der Waals surface area contributed by atoms with Crippen LogP contribution in [0.3, 0.4) is 0 Å². The maximum absolute atomic E-state index is 6.42. The second-order valence-corrected chi connectivity index (χ2v) is 5.66. The average molecular weight is 279 g/mol. The first-order valence-electron chi connectivity index (χ1n) is 7.44. The first kappa shape index (κ1) is 13.9. The molecule has 0 saturated heterocycles. The summed E-state index contributed by atoms with van der Waals surface area (Å²) in [5, 5.41) is 1.15. The number of aryl methyl sites for hydroxylation is 3. The minimum Gasteiger partial charge on any atom is -0.459 e. The Morgan fingerprint density at radius 1 is 1.05 bits per heavy atom. The van der Waals surface area contributed by atoms with Gasteiger partial charge < -0.3 is 10.2 Å². The van der Waals surface area contributed by atoms with E-state index in [1.807, 2.05) is 0 Å². The molecule has 0 saturated carbocycles. The van der Waals surface area contributed by atoms with Crippen LogP contribution in [0.5, 0.6) is 0 Å². The van der Waals surface area contributed by atoms with Crippen LogP contribution >= 0.6 is 0 Å². The highest BCUT2D eigenvalue weighted by Gasteiger charge is 2.18. The Labute approximate surface area is 125 Å². The molecule has 0 radical (unpaired) electrons. The third-order valence-electron chi connectivity index (χ3n) is 4.16. The summed E-state index contributed by atoms with van der Waals surface area (Å²) in [6.07, 6.45) is 1.04. The first-order valence-corrected chi connectivity index (χ1v) is 7.44. The normalized spacial score (nSPS) is 12.8. The maximum Gasteiger partial charge on any atom is 0.134 e. The van der Waals surface area contributed by atoms with E-state index in [1.54, 1.807) is 0 Å². The minimum atomic E-state index is -0.219. The molecule has 2 nitrogen and oxygen atoms in total. The fraction of sp³-hybridized carbons (Fsp3) is 0.263. The Morgan fingerprint density at radius 2 is 1.76 bits per heavy atom. The van der Waals surface area contributed by atoms with Gasteiger partial charge in [0.25, 0.3) is 0 Å². The van der Waals surface area contributed by atoms with Gasteiger partial charge >= 0.3 is 0 Å². The van der Waals surface area contributed by atoms with Gasteiger partial charge in [0.1, 0.15) is 11.3 Å². The SMILES string of the molecule is CCc1ccc(C(N)c2oc3cc(C)ccc3c2C)cc1. The molecule has 1 aromatic heterocycles. The zero-order chi connectivity index (χ0) is 15.0. The van der Waals surface area contributed by atoms with E-state index in [-0.39, 0.29) is 6.04 Å². The molecule has 1 unspecified atom stereocenters. The van der Waals surface area contributed by atoms with Gasteiger partial charge in [0.15, 0.2) is 0 Å². The van der Waals surface area contributed by atoms with Gasteiger partial charge in [-0.3, -0.25) is 0 Å². The highest BCUT2D eigenvalue weighted by Crippen LogP contribution is 2.32. The van der Waals surface area contributed by atoms with Crippen molar-refractivity contribution in [2.24, 2.45) is 5.73 Å². The molecule has 2 N–H and O–H groups in total. The molecule has 0 amide bonds. The molecular weight excluding hydrogens is 258 g/mol. The van der Waals surface area contributed by atoms with Crippen LogP contribution in [0.25, 0.3) is 11.0 Å². The van der Waals surface area contributed by atoms with Crippen molar-refractivity contribution >= 4 is 11.0 Å². The molecule has 0 aliphatic rings. The second-order valence-electron chi connectivity index (χ2n) is 5.66. The average Bonchev–Trinajstić information content (AvgIpc) is 2.83. The van der Waals surface area contributed by atoms with Crippen molar-refractivity contribution in [2.75, 3.05) is 0 Å². The van der Waals surface area contributed by atoms with Crippen LogP contribution in [0, 0.1) is 13.8 Å². The van der Waals surface area contributed by atoms with E-state index < -0.39 is 0 Å². The van der Waals surface area contributed by atoms with Crippen molar-refractivity contribution in [3.63, 3.8) is 0 Å². The molecule has 108 valence electrons. The van der Waals surface area contributed by atoms with Gasteiger partial charge in [-0.25, -0.2) is 0 Å². The van der Waals surface area contributed by atoms with Crippen molar-refractivity contribution in [3.05, 3.63) is 70.5 Å². The molecule has 0 bridgehead atoms. The molecule has 3 aromatic rings. The van der Waals surface area contributed by atoms with Crippen molar-refractivity contribution in [3.8, 4) is 0 Å². The van der Waals surface area contributed by atoms with Crippen molar-refractivity contribution in [2.45, 2.75) is 33.2 Å². The van der Waals surface area contributed by atoms with Crippen LogP contribution in [-0.2, 0) is 6.42 Å². The van der Waals surface area contributed by atoms with Gasteiger partial charge in [0.05, 0.1) is 6.04 Å². The smallest absolute Gasteiger partial charge is 0.134 e. The van der Waals surface area contributed by atoms with Gasteiger partial charge in [-0.2, -0.15) is 0 Å². The van der Waals surface area contributed by atoms with Crippen molar-refractivity contribution in [1.82, 2.24) is 0 Å². The van der Waals surface area contributed by atoms with E-state index in [2.05, 4.69) is 63.2 Å². The third-order valence-corrected chi connectivity index (χ3v) is 4.16. The summed E-state index contributed by atoms with van der Waals surface area (Å²) in [4.78, 5) is 0. The fourth-order valence-electron chi connectivity index (χ4n) is 2.76. The van der Waals surface area contributed by atoms with Gasteiger partial charge in [-0.15, -0.1) is 0 Å². The lowest BCUT2D eigenvalue weighted by atomic mass is 10.00. The molecule has 1 heterocycles. The maximum atomic E-state index is 6.42. The lowest BCUT2D eigenvalue weighted by molar-refractivity contribution is 0.521. The van der Waals surface area contributed by atoms with Crippen LogP contribution in [0.2, 0.25) is 0 Å². The zero-order valence-electron chi connectivity index (χ0n) is 12.8. The monoisotopic (exact) mass is 279 g/mol. The van der Waals surface area contributed by atoms with E-state index in [1.165, 1.54) is 11.1 Å². The molecule has 2 heteroatoms. The quantitative estimate of drug-likeness (QED) is 0.757. The molecule has 0 aliphatic carbocycles. The van der Waals surface area contributed by atoms with Crippen LogP contribution in [-0.4, -0.2) is 0 Å². The van der Waals surface area contributed by atoms with Gasteiger partial charge in [-0.1, -0.05) is 43.3 Å². The van der Waals surface area contributed by atoms with Crippen LogP contribution < -0.4 is 5.73 Å². The van der Waals surface area contributed by atoms with Crippen LogP contribution in [0.15, 0.2) is 46.9 Å². The van der Waals surface area contributed by atoms with Crippen LogP contribution in [0.1, 0.15) is 41.0 Å². The van der Waals surface area contributed by atoms with E-state index in [9.17, 15) is 0 Å². The number of fused-ring (bicyclic) bond motifs is 1. The molecule has 21 heavy (non-hydrogen) atoms. The lowest BCUT2D eigenvalue weighted by Crippen LogP contribution is -2.12. The number of nitrogens with two attached hydrogens (primary N) is 1. The first-order chi connectivity index (χ1) is 10.1. The zero-order valence-corrected chi connectivity index (χ0v) is 12.8. The van der Waals surface area contributed by atoms with Gasteiger partial charge in [0.2, 0.25) is 0 Å². The molecule has 0 spiro atoms. The molecule has 3 rings (SSSR count). The van der Waals surface area contributed by atoms with E-state index in [4.69, 9.17) is 10.2 Å². The predicted molar refractivity (Wildman–Crippen MR) is 87.5 cm³/mol. The Balaban J connectivity index is 2.04. The minimum absolute atomic E-state index is 0.219. The summed E-state index contributed by atoms with van der Waals surface area (Å²) in [6, 6.07) is 14.5. The largest absolute Gasteiger partial charge is 0.459 e. The summed E-state index contributed by atoms with van der Waals surface area (Å²) in [7, 11) is 0. The Bertz CT molecular complexity index is 768. The molecule has 1 atom stereocenters. The van der Waals surface area contributed by atoms with Crippen LogP contribution in [0.4, 0.5) is 0 Å². The van der Waals surface area contributed by atoms with Gasteiger partial charge in [0, 0.05) is 10.9 Å². The van der Waals surface area contributed by atoms with E-state index in [0.29, 0.717) is 0 Å². The summed E-state index contributed by atoms with van der Waals surface area (Å²) in [5.41, 5.74) is 12.1. The molecule has 0 fully saturated rings. The Kier molecular flexibility index (Phi) is 3.56. The standard InChI is InChI=1S/C19H21NO/c1-4-14-6-8-15(9-7-14)18(20)19-13(3)16-10-5-12(2)11-17(16)21-19/h5-11,18H,4,20H2,1-3H3. The Morgan fingerprint density at radius 3 is 2.43 bits per heavy atom. The predicted octanol–water partition coefficient (Wildman–Crippen LogP) is 4.66. The number of hydrogen-bond acceptors (Lipinski definition) is 2. The number of rotatable bonds is 3. The second kappa shape index (κ2) is 5.38. The van der Waals surface area contributed by atoms with E-state index >= 15 is 0 Å². The summed E-state index contributed by atoms with van der Waals surface area (Å²) < 4.78 is 6.03. The summed E-state index contributed by atoms with van der Waals surface area (Å²) in [6.45, 7) is 6.30. The highest BCUT2D eigenvalue weighted by molar-refractivity contribution is 5.83. The number of furan rings is 1. The Hall–Kier alpha value is -2.06. The molecule has 0 aliphatic heterocycles. The van der Waals surface area contributed by atoms with Crippen molar-refractivity contribution in [1.29, 1.82) is 0 Å². The topological polar surface area (TPSA) is 39.2 Å². The lowest BCUT2D eigenvalue weighted by Gasteiger charge is -2.11. The molecule has 2 aromatic carbocycles. The number of hydrogen-bond donors (Lipinski definition) is 1. The number of benzene rings is 2. The fourth-order valence-corrected chi connectivity index (χ4v) is 2.76. The molecular formula is C19H21NO. The summed E-state index contributed by atoms with van der Waals surface area (Å²) >= 11 is 0. The highest BCUT2D eigenvalue weighted by atomic mass is 16.3. The van der Waals surface area contributed by atoms with E-state index in [0.717, 1.165) is 34.3 Å². The third kappa shape index (κ3) is 2.47.